The van der Waals surface area contributed by atoms with Crippen molar-refractivity contribution in [3.8, 4) is 17.2 Å². The molecule has 4 saturated heterocycles. The number of likely N-dealkylation sites (tertiary alicyclic amines) is 1. The fourth-order valence-corrected chi connectivity index (χ4v) is 9.74. The van der Waals surface area contributed by atoms with E-state index < -0.39 is 36.0 Å². The van der Waals surface area contributed by atoms with Crippen molar-refractivity contribution < 1.29 is 48.4 Å². The standard InChI is InChI=1S/C48H48Cl2N4O9/c1-60-41-16-15-33(22-42(41)61-2)36(23-37-39(49)25-53(59)26-40(37)50)45-38(47(56)57)24-54(45)46(55)32-13-11-29(12-14-32)28-62-35-10-6-9-34(21-35)44(31-7-4-3-5-8-31)51-48(58)63-43-27-52-19-17-30(43)18-20-52/h3-16,21-22,25-26,30,36,38,43-45H,17-20,23-24,27-28H2,1-2H3,(H2-,51,56,57,58,59)/p+1/t36-,38?,43-,44-,45?/m0/s1. The van der Waals surface area contributed by atoms with E-state index in [-0.39, 0.29) is 41.6 Å². The number of nitrogens with one attached hydrogen (secondary N) is 1. The molecule has 4 aliphatic heterocycles. The number of aliphatic carboxylic acids is 1. The van der Waals surface area contributed by atoms with E-state index in [0.29, 0.717) is 39.9 Å². The molecular formula is C48H49Cl2N4O9+. The number of benzene rings is 4. The van der Waals surface area contributed by atoms with E-state index in [0.717, 1.165) is 53.9 Å². The molecule has 0 saturated carbocycles. The predicted molar refractivity (Wildman–Crippen MR) is 234 cm³/mol. The zero-order valence-corrected chi connectivity index (χ0v) is 36.4. The van der Waals surface area contributed by atoms with Gasteiger partial charge >= 0.3 is 12.1 Å². The van der Waals surface area contributed by atoms with Crippen LogP contribution in [0, 0.1) is 11.8 Å². The topological polar surface area (TPSA) is 151 Å². The molecule has 0 aliphatic carbocycles. The molecule has 5 atom stereocenters. The number of alkyl carbamates (subject to hydrolysis) is 1. The van der Waals surface area contributed by atoms with E-state index in [1.807, 2.05) is 54.6 Å². The summed E-state index contributed by atoms with van der Waals surface area (Å²) in [4.78, 5) is 44.2. The molecule has 5 aromatic rings. The van der Waals surface area contributed by atoms with Crippen LogP contribution in [0.15, 0.2) is 109 Å². The van der Waals surface area contributed by atoms with Crippen molar-refractivity contribution in [1.29, 1.82) is 0 Å². The summed E-state index contributed by atoms with van der Waals surface area (Å²) in [7, 11) is 3.02. The number of nitrogens with zero attached hydrogens (tertiary/aromatic N) is 3. The van der Waals surface area contributed by atoms with Gasteiger partial charge < -0.3 is 34.3 Å². The van der Waals surface area contributed by atoms with Crippen LogP contribution in [0.4, 0.5) is 4.79 Å². The zero-order valence-electron chi connectivity index (χ0n) is 34.9. The van der Waals surface area contributed by atoms with Gasteiger partial charge in [0.15, 0.2) is 11.5 Å². The summed E-state index contributed by atoms with van der Waals surface area (Å²) >= 11 is 13.2. The minimum absolute atomic E-state index is 0.00697. The summed E-state index contributed by atoms with van der Waals surface area (Å²) < 4.78 is 24.0. The van der Waals surface area contributed by atoms with Gasteiger partial charge in [0.2, 0.25) is 12.4 Å². The smallest absolute Gasteiger partial charge is 0.408 e. The second kappa shape index (κ2) is 19.2. The number of halogens is 2. The molecule has 3 N–H and O–H groups in total. The Kier molecular flexibility index (Phi) is 13.3. The highest BCUT2D eigenvalue weighted by Crippen LogP contribution is 2.43. The minimum atomic E-state index is -1.04. The van der Waals surface area contributed by atoms with E-state index in [9.17, 15) is 24.7 Å². The van der Waals surface area contributed by atoms with Gasteiger partial charge in [0.1, 0.15) is 28.5 Å². The Hall–Kier alpha value is -6.02. The number of hydrogen-bond donors (Lipinski definition) is 3. The van der Waals surface area contributed by atoms with Gasteiger partial charge in [-0.25, -0.2) is 4.79 Å². The van der Waals surface area contributed by atoms with Crippen LogP contribution < -0.4 is 24.3 Å². The second-order valence-electron chi connectivity index (χ2n) is 16.3. The number of carbonyl (C=O) groups is 3. The number of carboxylic acid groups (broad SMARTS) is 1. The van der Waals surface area contributed by atoms with Crippen molar-refractivity contribution in [1.82, 2.24) is 15.1 Å². The highest BCUT2D eigenvalue weighted by atomic mass is 35.5. The third-order valence-electron chi connectivity index (χ3n) is 12.5. The maximum Gasteiger partial charge on any atom is 0.408 e. The number of carboxylic acids is 1. The summed E-state index contributed by atoms with van der Waals surface area (Å²) in [5, 5.41) is 23.9. The predicted octanol–water partition coefficient (Wildman–Crippen LogP) is 7.58. The summed E-state index contributed by atoms with van der Waals surface area (Å²) in [5.74, 6) is -0.988. The molecule has 5 heterocycles. The van der Waals surface area contributed by atoms with E-state index in [2.05, 4.69) is 10.2 Å². The SMILES string of the molecule is COc1ccc([C@H](Cc2c(Cl)c[n+](O)cc2Cl)C2C(C(=O)O)CN2C(=O)c2ccc(COc3cccc([C@@H](NC(=O)O[C@H]4CN5CCC4CC5)c4ccccc4)c3)cc2)cc1OC. The molecule has 9 rings (SSSR count). The van der Waals surface area contributed by atoms with Crippen molar-refractivity contribution >= 4 is 41.2 Å². The molecule has 4 aliphatic rings. The molecule has 13 nitrogen and oxygen atoms in total. The Balaban J connectivity index is 0.978. The normalized spacial score (nSPS) is 21.1. The van der Waals surface area contributed by atoms with Gasteiger partial charge in [0, 0.05) is 34.9 Å². The highest BCUT2D eigenvalue weighted by Gasteiger charge is 2.51. The number of pyridine rings is 1. The summed E-state index contributed by atoms with van der Waals surface area (Å²) in [6.45, 7) is 3.07. The molecule has 2 bridgehead atoms. The number of carbonyl (C=O) groups excluding carboxylic acids is 2. The van der Waals surface area contributed by atoms with Gasteiger partial charge in [0.05, 0.1) is 32.2 Å². The first-order valence-electron chi connectivity index (χ1n) is 20.9. The average Bonchev–Trinajstić information content (AvgIpc) is 3.28. The Morgan fingerprint density at radius 2 is 1.52 bits per heavy atom. The lowest BCUT2D eigenvalue weighted by Gasteiger charge is -2.50. The van der Waals surface area contributed by atoms with Gasteiger partial charge in [-0.3, -0.25) is 19.7 Å². The van der Waals surface area contributed by atoms with Crippen molar-refractivity contribution in [2.24, 2.45) is 11.8 Å². The highest BCUT2D eigenvalue weighted by molar-refractivity contribution is 6.35. The van der Waals surface area contributed by atoms with E-state index in [1.165, 1.54) is 26.6 Å². The number of hydrogen-bond acceptors (Lipinski definition) is 9. The number of rotatable bonds is 15. The lowest BCUT2D eigenvalue weighted by Crippen LogP contribution is -2.63. The molecule has 15 heteroatoms. The van der Waals surface area contributed by atoms with Crippen molar-refractivity contribution in [2.45, 2.75) is 50.0 Å². The van der Waals surface area contributed by atoms with Crippen LogP contribution >= 0.6 is 23.2 Å². The van der Waals surface area contributed by atoms with E-state index in [1.54, 1.807) is 47.4 Å². The fourth-order valence-electron chi connectivity index (χ4n) is 9.13. The van der Waals surface area contributed by atoms with E-state index >= 15 is 0 Å². The van der Waals surface area contributed by atoms with Crippen LogP contribution in [0.25, 0.3) is 0 Å². The molecule has 63 heavy (non-hydrogen) atoms. The second-order valence-corrected chi connectivity index (χ2v) is 17.1. The van der Waals surface area contributed by atoms with Gasteiger partial charge in [-0.15, -0.1) is 0 Å². The molecule has 1 aromatic heterocycles. The number of amides is 2. The van der Waals surface area contributed by atoms with Crippen LogP contribution in [0.2, 0.25) is 10.0 Å². The number of aromatic nitrogens is 1. The number of fused-ring (bicyclic) bond motifs is 3. The monoisotopic (exact) mass is 895 g/mol. The van der Waals surface area contributed by atoms with Gasteiger partial charge in [-0.1, -0.05) is 83.9 Å². The van der Waals surface area contributed by atoms with Gasteiger partial charge in [0.25, 0.3) is 5.91 Å². The molecule has 328 valence electrons. The number of ether oxygens (including phenoxy) is 4. The third kappa shape index (κ3) is 9.65. The lowest BCUT2D eigenvalue weighted by atomic mass is 9.73. The van der Waals surface area contributed by atoms with Crippen LogP contribution in [-0.4, -0.2) is 90.6 Å². The van der Waals surface area contributed by atoms with Crippen LogP contribution in [-0.2, 0) is 22.6 Å². The first-order valence-corrected chi connectivity index (χ1v) is 21.7. The molecular weight excluding hydrogens is 847 g/mol. The molecule has 2 amide bonds. The van der Waals surface area contributed by atoms with E-state index in [4.69, 9.17) is 42.1 Å². The number of piperidine rings is 3. The van der Waals surface area contributed by atoms with Crippen molar-refractivity contribution in [2.75, 3.05) is 40.4 Å². The van der Waals surface area contributed by atoms with Crippen LogP contribution in [0.3, 0.4) is 0 Å². The Bertz CT molecular complexity index is 2430. The maximum absolute atomic E-state index is 14.3. The van der Waals surface area contributed by atoms with Crippen LogP contribution in [0.5, 0.6) is 17.2 Å². The molecule has 4 fully saturated rings. The molecule has 4 aromatic carbocycles. The van der Waals surface area contributed by atoms with Crippen molar-refractivity contribution in [3.05, 3.63) is 153 Å². The minimum Gasteiger partial charge on any atom is -0.493 e. The zero-order chi connectivity index (χ0) is 44.2. The quantitative estimate of drug-likeness (QED) is 0.0709. The Labute approximate surface area is 375 Å². The van der Waals surface area contributed by atoms with Crippen LogP contribution in [0.1, 0.15) is 63.0 Å². The van der Waals surface area contributed by atoms with Gasteiger partial charge in [-0.2, -0.15) is 0 Å². The Morgan fingerprint density at radius 3 is 2.17 bits per heavy atom. The maximum atomic E-state index is 14.3. The average molecular weight is 897 g/mol. The third-order valence-corrected chi connectivity index (χ3v) is 13.2. The van der Waals surface area contributed by atoms with Crippen molar-refractivity contribution in [3.63, 3.8) is 0 Å². The molecule has 0 spiro atoms. The molecule has 2 unspecified atom stereocenters. The lowest BCUT2D eigenvalue weighted by molar-refractivity contribution is -0.904. The summed E-state index contributed by atoms with van der Waals surface area (Å²) in [5.41, 5.74) is 4.07. The first-order chi connectivity index (χ1) is 30.5. The summed E-state index contributed by atoms with van der Waals surface area (Å²) in [6.07, 6.45) is 4.26. The van der Waals surface area contributed by atoms with Gasteiger partial charge in [-0.05, 0) is 96.9 Å². The summed E-state index contributed by atoms with van der Waals surface area (Å²) in [6, 6.07) is 28.4. The Morgan fingerprint density at radius 1 is 0.825 bits per heavy atom. The number of methoxy groups -OCH3 is 2. The fraction of sp³-hybridized carbons (Fsp3) is 0.333. The first kappa shape index (κ1) is 43.6. The largest absolute Gasteiger partial charge is 0.493 e. The molecule has 0 radical (unpaired) electrons.